The highest BCUT2D eigenvalue weighted by atomic mass is 16.5. The lowest BCUT2D eigenvalue weighted by molar-refractivity contribution is 0.119. The van der Waals surface area contributed by atoms with Crippen molar-refractivity contribution < 1.29 is 9.53 Å². The van der Waals surface area contributed by atoms with E-state index in [1.54, 1.807) is 0 Å². The summed E-state index contributed by atoms with van der Waals surface area (Å²) in [6.07, 6.45) is 21.4. The molecule has 4 nitrogen and oxygen atoms in total. The molecule has 0 unspecified atom stereocenters. The molecule has 31 heavy (non-hydrogen) atoms. The largest absolute Gasteiger partial charge is 0.448 e. The van der Waals surface area contributed by atoms with Gasteiger partial charge in [0.1, 0.15) is 6.61 Å². The molecule has 0 aliphatic carbocycles. The fourth-order valence-electron chi connectivity index (χ4n) is 3.88. The third-order valence-corrected chi connectivity index (χ3v) is 5.77. The topological polar surface area (TPSA) is 41.6 Å². The van der Waals surface area contributed by atoms with Crippen LogP contribution in [0.15, 0.2) is 0 Å². The van der Waals surface area contributed by atoms with Crippen molar-refractivity contribution in [1.82, 2.24) is 10.2 Å². The van der Waals surface area contributed by atoms with Crippen molar-refractivity contribution in [2.24, 2.45) is 0 Å². The number of rotatable bonds is 21. The number of carbonyl (C=O) groups excluding carboxylic acids is 1. The lowest BCUT2D eigenvalue weighted by Crippen LogP contribution is -2.42. The third-order valence-electron chi connectivity index (χ3n) is 5.77. The van der Waals surface area contributed by atoms with Gasteiger partial charge in [-0.05, 0) is 46.7 Å². The van der Waals surface area contributed by atoms with Gasteiger partial charge in [-0.15, -0.1) is 0 Å². The molecular weight excluding hydrogens is 384 g/mol. The van der Waals surface area contributed by atoms with Gasteiger partial charge in [0, 0.05) is 12.1 Å². The molecule has 0 aromatic heterocycles. The molecular formula is C27H56N2O2. The number of nitrogens with one attached hydrogen (secondary N) is 1. The van der Waals surface area contributed by atoms with Gasteiger partial charge in [0.2, 0.25) is 0 Å². The van der Waals surface area contributed by atoms with Crippen LogP contribution in [0.5, 0.6) is 0 Å². The first-order chi connectivity index (χ1) is 14.9. The van der Waals surface area contributed by atoms with E-state index >= 15 is 0 Å². The minimum absolute atomic E-state index is 0.245. The molecule has 0 fully saturated rings. The van der Waals surface area contributed by atoms with Crippen LogP contribution >= 0.6 is 0 Å². The Morgan fingerprint density at radius 2 is 1.03 bits per heavy atom. The van der Waals surface area contributed by atoms with E-state index in [2.05, 4.69) is 24.1 Å². The molecule has 1 amide bonds. The minimum atomic E-state index is -0.299. The second-order valence-corrected chi connectivity index (χ2v) is 10.3. The van der Waals surface area contributed by atoms with Gasteiger partial charge in [0.05, 0.1) is 0 Å². The molecule has 0 aliphatic heterocycles. The zero-order chi connectivity index (χ0) is 23.2. The molecule has 0 bridgehead atoms. The van der Waals surface area contributed by atoms with E-state index in [9.17, 15) is 4.79 Å². The summed E-state index contributed by atoms with van der Waals surface area (Å²) in [6, 6.07) is 0. The Bertz CT molecular complexity index is 373. The predicted molar refractivity (Wildman–Crippen MR) is 136 cm³/mol. The van der Waals surface area contributed by atoms with Crippen LogP contribution in [0.25, 0.3) is 0 Å². The van der Waals surface area contributed by atoms with E-state index in [0.29, 0.717) is 6.61 Å². The number of nitrogens with zero attached hydrogens (tertiary/aromatic N) is 1. The molecule has 0 saturated carbocycles. The molecule has 0 radical (unpaired) electrons. The number of hydrogen-bond acceptors (Lipinski definition) is 3. The van der Waals surface area contributed by atoms with E-state index in [0.717, 1.165) is 19.6 Å². The molecule has 0 saturated heterocycles. The van der Waals surface area contributed by atoms with Crippen LogP contribution in [0.4, 0.5) is 4.79 Å². The summed E-state index contributed by atoms with van der Waals surface area (Å²) >= 11 is 0. The summed E-state index contributed by atoms with van der Waals surface area (Å²) in [4.78, 5) is 14.4. The van der Waals surface area contributed by atoms with E-state index in [-0.39, 0.29) is 11.6 Å². The lowest BCUT2D eigenvalue weighted by atomic mass is 10.1. The molecule has 186 valence electrons. The van der Waals surface area contributed by atoms with E-state index in [1.807, 2.05) is 20.8 Å². The lowest BCUT2D eigenvalue weighted by Gasteiger charge is -2.24. The standard InChI is InChI=1S/C27H56N2O2/c1-6-8-10-12-14-16-18-20-22-29(23-21-19-17-15-13-11-9-7-2)24-25-31-26(30)28-27(3,4)5/h6-25H2,1-5H3,(H,28,30). The average Bonchev–Trinajstić information content (AvgIpc) is 2.70. The summed E-state index contributed by atoms with van der Waals surface area (Å²) in [7, 11) is 0. The van der Waals surface area contributed by atoms with Crippen LogP contribution in [0.2, 0.25) is 0 Å². The van der Waals surface area contributed by atoms with Crippen molar-refractivity contribution in [2.45, 2.75) is 143 Å². The highest BCUT2D eigenvalue weighted by Gasteiger charge is 2.15. The molecule has 4 heteroatoms. The van der Waals surface area contributed by atoms with Crippen molar-refractivity contribution in [3.63, 3.8) is 0 Å². The summed E-state index contributed by atoms with van der Waals surface area (Å²) in [5.74, 6) is 0. The Hall–Kier alpha value is -0.770. The van der Waals surface area contributed by atoms with Crippen molar-refractivity contribution in [3.8, 4) is 0 Å². The Balaban J connectivity index is 4.04. The molecule has 1 N–H and O–H groups in total. The number of ether oxygens (including phenoxy) is 1. The Labute approximate surface area is 195 Å². The maximum atomic E-state index is 11.9. The number of amides is 1. The van der Waals surface area contributed by atoms with Crippen molar-refractivity contribution in [1.29, 1.82) is 0 Å². The van der Waals surface area contributed by atoms with Crippen LogP contribution in [-0.4, -0.2) is 42.8 Å². The quantitative estimate of drug-likeness (QED) is 0.183. The molecule has 0 aromatic carbocycles. The van der Waals surface area contributed by atoms with Gasteiger partial charge < -0.3 is 10.1 Å². The van der Waals surface area contributed by atoms with Gasteiger partial charge in [-0.25, -0.2) is 4.79 Å². The van der Waals surface area contributed by atoms with Gasteiger partial charge in [0.15, 0.2) is 0 Å². The second-order valence-electron chi connectivity index (χ2n) is 10.3. The highest BCUT2D eigenvalue weighted by Crippen LogP contribution is 2.11. The minimum Gasteiger partial charge on any atom is -0.448 e. The molecule has 0 aliphatic rings. The summed E-state index contributed by atoms with van der Waals surface area (Å²) in [5.41, 5.74) is -0.245. The van der Waals surface area contributed by atoms with Crippen molar-refractivity contribution in [3.05, 3.63) is 0 Å². The van der Waals surface area contributed by atoms with Gasteiger partial charge in [-0.1, -0.05) is 104 Å². The highest BCUT2D eigenvalue weighted by molar-refractivity contribution is 5.68. The molecule has 0 atom stereocenters. The first-order valence-corrected chi connectivity index (χ1v) is 13.6. The number of unbranched alkanes of at least 4 members (excludes halogenated alkanes) is 14. The maximum Gasteiger partial charge on any atom is 0.407 e. The van der Waals surface area contributed by atoms with E-state index in [4.69, 9.17) is 4.74 Å². The average molecular weight is 441 g/mol. The monoisotopic (exact) mass is 440 g/mol. The van der Waals surface area contributed by atoms with Gasteiger partial charge in [0.25, 0.3) is 0 Å². The predicted octanol–water partition coefficient (Wildman–Crippen LogP) is 8.09. The van der Waals surface area contributed by atoms with Gasteiger partial charge >= 0.3 is 6.09 Å². The van der Waals surface area contributed by atoms with Crippen molar-refractivity contribution in [2.75, 3.05) is 26.2 Å². The van der Waals surface area contributed by atoms with Crippen LogP contribution in [0, 0.1) is 0 Å². The van der Waals surface area contributed by atoms with Gasteiger partial charge in [-0.3, -0.25) is 4.90 Å². The third kappa shape index (κ3) is 23.7. The zero-order valence-electron chi connectivity index (χ0n) is 21.9. The zero-order valence-corrected chi connectivity index (χ0v) is 21.9. The maximum absolute atomic E-state index is 11.9. The van der Waals surface area contributed by atoms with Crippen LogP contribution in [-0.2, 0) is 4.74 Å². The van der Waals surface area contributed by atoms with Gasteiger partial charge in [-0.2, -0.15) is 0 Å². The number of hydrogen-bond donors (Lipinski definition) is 1. The number of alkyl carbamates (subject to hydrolysis) is 1. The summed E-state index contributed by atoms with van der Waals surface area (Å²) in [5, 5.41) is 2.87. The smallest absolute Gasteiger partial charge is 0.407 e. The van der Waals surface area contributed by atoms with Crippen LogP contribution in [0.3, 0.4) is 0 Å². The van der Waals surface area contributed by atoms with Crippen molar-refractivity contribution >= 4 is 6.09 Å². The first kappa shape index (κ1) is 30.2. The molecule has 0 rings (SSSR count). The normalized spacial score (nSPS) is 11.8. The second kappa shape index (κ2) is 21.1. The Morgan fingerprint density at radius 3 is 1.42 bits per heavy atom. The van der Waals surface area contributed by atoms with E-state index in [1.165, 1.54) is 103 Å². The van der Waals surface area contributed by atoms with E-state index < -0.39 is 0 Å². The van der Waals surface area contributed by atoms with Crippen LogP contribution in [0.1, 0.15) is 137 Å². The Morgan fingerprint density at radius 1 is 0.645 bits per heavy atom. The van der Waals surface area contributed by atoms with Crippen LogP contribution < -0.4 is 5.32 Å². The summed E-state index contributed by atoms with van der Waals surface area (Å²) in [6.45, 7) is 14.1. The Kier molecular flexibility index (Phi) is 20.6. The molecule has 0 spiro atoms. The fraction of sp³-hybridized carbons (Fsp3) is 0.963. The number of carbonyl (C=O) groups is 1. The molecule has 0 heterocycles. The summed E-state index contributed by atoms with van der Waals surface area (Å²) < 4.78 is 5.42. The first-order valence-electron chi connectivity index (χ1n) is 13.6. The molecule has 0 aromatic rings. The SMILES string of the molecule is CCCCCCCCCCN(CCCCCCCCCC)CCOC(=O)NC(C)(C)C. The fourth-order valence-corrected chi connectivity index (χ4v) is 3.88.